The lowest BCUT2D eigenvalue weighted by molar-refractivity contribution is -0.135. The molecule has 8 nitrogen and oxygen atoms in total. The van der Waals surface area contributed by atoms with E-state index in [1.165, 1.54) is 0 Å². The number of benzene rings is 3. The Labute approximate surface area is 298 Å². The maximum absolute atomic E-state index is 11.5. The molecule has 0 fully saturated rings. The third-order valence-corrected chi connectivity index (χ3v) is 7.88. The molecule has 0 unspecified atom stereocenters. The van der Waals surface area contributed by atoms with E-state index in [-0.39, 0.29) is 18.4 Å². The summed E-state index contributed by atoms with van der Waals surface area (Å²) in [7, 11) is 11.3. The Morgan fingerprint density at radius 2 is 1.13 bits per heavy atom. The van der Waals surface area contributed by atoms with Gasteiger partial charge in [-0.2, -0.15) is 0 Å². The second-order valence-corrected chi connectivity index (χ2v) is 13.2. The van der Waals surface area contributed by atoms with E-state index in [1.807, 2.05) is 60.2 Å². The second kappa shape index (κ2) is 20.9. The Balaban J connectivity index is 0.000000346. The molecule has 0 heterocycles. The van der Waals surface area contributed by atoms with Crippen LogP contribution in [-0.2, 0) is 9.59 Å². The van der Waals surface area contributed by atoms with E-state index in [9.17, 15) is 9.59 Å². The number of aryl methyl sites for hydroxylation is 1. The van der Waals surface area contributed by atoms with Crippen LogP contribution in [0, 0.1) is 20.8 Å². The van der Waals surface area contributed by atoms with Crippen molar-refractivity contribution in [2.75, 3.05) is 73.8 Å². The van der Waals surface area contributed by atoms with Gasteiger partial charge in [-0.25, -0.2) is 0 Å². The first-order valence-electron chi connectivity index (χ1n) is 14.1. The molecule has 0 aliphatic rings. The second-order valence-electron chi connectivity index (χ2n) is 11.1. The predicted octanol–water partition coefficient (Wildman–Crippen LogP) is 8.16. The molecular weight excluding hydrogens is 694 g/mol. The van der Waals surface area contributed by atoms with Gasteiger partial charge in [0.05, 0.1) is 13.1 Å². The molecule has 13 heteroatoms. The van der Waals surface area contributed by atoms with Crippen molar-refractivity contribution in [3.05, 3.63) is 84.3 Å². The predicted molar refractivity (Wildman–Crippen MR) is 194 cm³/mol. The zero-order chi connectivity index (χ0) is 35.1. The topological polar surface area (TPSA) is 74.4 Å². The minimum atomic E-state index is -0.346. The van der Waals surface area contributed by atoms with E-state index in [2.05, 4.69) is 10.2 Å². The van der Waals surface area contributed by atoms with Gasteiger partial charge in [-0.15, -0.1) is 0 Å². The Morgan fingerprint density at radius 3 is 1.59 bits per heavy atom. The van der Waals surface area contributed by atoms with Crippen LogP contribution in [0.1, 0.15) is 16.7 Å². The molecule has 0 saturated heterocycles. The molecule has 3 rings (SSSR count). The number of anilines is 1. The standard InChI is InChI=1S/C11H14Cl2N2O.C11H13Cl2NO2.C11H16ClNO/c1-7-9(12)4-8(5-10(7)13)14-11(16)6-15(2)3;1-7-9(12)4-8(5-10(7)13)16-11(15)6-14(2)3;1-9-4-5-10(8-11(9)12)14-7-6-13(2)3/h4-5H,6H2,1-3H3,(H,14,16);4-5H,6H2,1-3H3;4-5,8H,6-7H2,1-3H3. The van der Waals surface area contributed by atoms with Crippen molar-refractivity contribution in [1.29, 1.82) is 0 Å². The summed E-state index contributed by atoms with van der Waals surface area (Å²) in [5.41, 5.74) is 3.28. The number of halogens is 5. The smallest absolute Gasteiger partial charge is 0.325 e. The zero-order valence-corrected chi connectivity index (χ0v) is 31.5. The first-order chi connectivity index (χ1) is 21.4. The van der Waals surface area contributed by atoms with Crippen molar-refractivity contribution < 1.29 is 19.1 Å². The number of nitrogens with zero attached hydrogens (tertiary/aromatic N) is 3. The lowest BCUT2D eigenvalue weighted by Crippen LogP contribution is -2.27. The van der Waals surface area contributed by atoms with Gasteiger partial charge in [0.15, 0.2) is 0 Å². The number of carbonyl (C=O) groups excluding carboxylic acids is 2. The quantitative estimate of drug-likeness (QED) is 0.166. The van der Waals surface area contributed by atoms with E-state index < -0.39 is 0 Å². The van der Waals surface area contributed by atoms with Crippen LogP contribution in [0.5, 0.6) is 11.5 Å². The minimum Gasteiger partial charge on any atom is -0.492 e. The van der Waals surface area contributed by atoms with Crippen LogP contribution in [-0.4, -0.2) is 95.1 Å². The summed E-state index contributed by atoms with van der Waals surface area (Å²) in [4.78, 5) is 28.5. The van der Waals surface area contributed by atoms with E-state index in [4.69, 9.17) is 67.5 Å². The average Bonchev–Trinajstić information content (AvgIpc) is 2.92. The van der Waals surface area contributed by atoms with Gasteiger partial charge in [-0.05, 0) is 116 Å². The number of amides is 1. The number of rotatable bonds is 10. The third-order valence-electron chi connectivity index (χ3n) is 5.91. The summed E-state index contributed by atoms with van der Waals surface area (Å²) in [6, 6.07) is 12.3. The van der Waals surface area contributed by atoms with Crippen molar-refractivity contribution in [1.82, 2.24) is 14.7 Å². The van der Waals surface area contributed by atoms with Crippen molar-refractivity contribution in [3.63, 3.8) is 0 Å². The molecule has 0 saturated carbocycles. The molecule has 0 atom stereocenters. The molecule has 1 N–H and O–H groups in total. The lowest BCUT2D eigenvalue weighted by atomic mass is 10.2. The Hall–Kier alpha value is -2.27. The van der Waals surface area contributed by atoms with Crippen molar-refractivity contribution >= 4 is 75.6 Å². The molecular formula is C33H43Cl5N4O4. The van der Waals surface area contributed by atoms with Gasteiger partial charge in [0.2, 0.25) is 5.91 Å². The van der Waals surface area contributed by atoms with Gasteiger partial charge in [-0.3, -0.25) is 14.5 Å². The maximum Gasteiger partial charge on any atom is 0.325 e. The fourth-order valence-electron chi connectivity index (χ4n) is 3.32. The Kier molecular flexibility index (Phi) is 18.9. The van der Waals surface area contributed by atoms with Crippen LogP contribution < -0.4 is 14.8 Å². The van der Waals surface area contributed by atoms with E-state index >= 15 is 0 Å². The van der Waals surface area contributed by atoms with Crippen molar-refractivity contribution in [2.45, 2.75) is 20.8 Å². The number of esters is 1. The SMILES string of the molecule is Cc1c(Cl)cc(NC(=O)CN(C)C)cc1Cl.Cc1c(Cl)cc(OC(=O)CN(C)C)cc1Cl.Cc1ccc(OCCN(C)C)cc1Cl. The maximum atomic E-state index is 11.5. The van der Waals surface area contributed by atoms with Crippen LogP contribution in [0.4, 0.5) is 5.69 Å². The number of likely N-dealkylation sites (N-methyl/N-ethyl adjacent to an activating group) is 3. The van der Waals surface area contributed by atoms with Gasteiger partial charge in [0.1, 0.15) is 18.1 Å². The fourth-order valence-corrected chi connectivity index (χ4v) is 4.44. The van der Waals surface area contributed by atoms with Crippen LogP contribution in [0.2, 0.25) is 25.1 Å². The van der Waals surface area contributed by atoms with Gasteiger partial charge < -0.3 is 24.6 Å². The largest absolute Gasteiger partial charge is 0.492 e. The number of ether oxygens (including phenoxy) is 2. The molecule has 0 radical (unpaired) electrons. The zero-order valence-electron chi connectivity index (χ0n) is 27.7. The lowest BCUT2D eigenvalue weighted by Gasteiger charge is -2.11. The van der Waals surface area contributed by atoms with E-state index in [0.29, 0.717) is 44.7 Å². The van der Waals surface area contributed by atoms with Gasteiger partial charge in [0, 0.05) is 37.3 Å². The molecule has 3 aromatic carbocycles. The molecule has 0 aromatic heterocycles. The first kappa shape index (κ1) is 41.8. The number of carbonyl (C=O) groups is 2. The molecule has 1 amide bonds. The highest BCUT2D eigenvalue weighted by Gasteiger charge is 2.10. The van der Waals surface area contributed by atoms with Crippen LogP contribution in [0.3, 0.4) is 0 Å². The summed E-state index contributed by atoms with van der Waals surface area (Å²) < 4.78 is 10.6. The van der Waals surface area contributed by atoms with E-state index in [0.717, 1.165) is 34.0 Å². The van der Waals surface area contributed by atoms with Crippen LogP contribution in [0.25, 0.3) is 0 Å². The summed E-state index contributed by atoms with van der Waals surface area (Å²) in [5, 5.41) is 5.56. The Morgan fingerprint density at radius 1 is 0.652 bits per heavy atom. The monoisotopic (exact) mass is 734 g/mol. The minimum absolute atomic E-state index is 0.0963. The molecule has 0 aliphatic heterocycles. The normalized spacial score (nSPS) is 10.6. The van der Waals surface area contributed by atoms with Gasteiger partial charge in [0.25, 0.3) is 0 Å². The number of nitrogens with one attached hydrogen (secondary N) is 1. The number of hydrogen-bond donors (Lipinski definition) is 1. The van der Waals surface area contributed by atoms with Crippen molar-refractivity contribution in [2.24, 2.45) is 0 Å². The highest BCUT2D eigenvalue weighted by atomic mass is 35.5. The van der Waals surface area contributed by atoms with Crippen LogP contribution in [0.15, 0.2) is 42.5 Å². The molecule has 46 heavy (non-hydrogen) atoms. The number of hydrogen-bond acceptors (Lipinski definition) is 7. The van der Waals surface area contributed by atoms with Gasteiger partial charge in [-0.1, -0.05) is 64.1 Å². The van der Waals surface area contributed by atoms with Crippen LogP contribution >= 0.6 is 58.0 Å². The summed E-state index contributed by atoms with van der Waals surface area (Å²) >= 11 is 29.7. The Bertz CT molecular complexity index is 1330. The summed E-state index contributed by atoms with van der Waals surface area (Å²) in [6.07, 6.45) is 0. The molecule has 0 bridgehead atoms. The highest BCUT2D eigenvalue weighted by Crippen LogP contribution is 2.30. The fraction of sp³-hybridized carbons (Fsp3) is 0.394. The summed E-state index contributed by atoms with van der Waals surface area (Å²) in [5.74, 6) is 0.761. The molecule has 0 spiro atoms. The highest BCUT2D eigenvalue weighted by molar-refractivity contribution is 6.37. The summed E-state index contributed by atoms with van der Waals surface area (Å²) in [6.45, 7) is 7.74. The van der Waals surface area contributed by atoms with Crippen molar-refractivity contribution in [3.8, 4) is 11.5 Å². The van der Waals surface area contributed by atoms with E-state index in [1.54, 1.807) is 55.1 Å². The van der Waals surface area contributed by atoms with Gasteiger partial charge >= 0.3 is 5.97 Å². The molecule has 254 valence electrons. The molecule has 0 aliphatic carbocycles. The average molecular weight is 737 g/mol. The molecule has 3 aromatic rings. The first-order valence-corrected chi connectivity index (χ1v) is 16.0. The third kappa shape index (κ3) is 16.5.